The summed E-state index contributed by atoms with van der Waals surface area (Å²) in [6.45, 7) is 0. The van der Waals surface area contributed by atoms with Crippen LogP contribution in [-0.4, -0.2) is 26.2 Å². The van der Waals surface area contributed by atoms with Crippen molar-refractivity contribution in [1.29, 1.82) is 0 Å². The van der Waals surface area contributed by atoms with Crippen LogP contribution in [0.1, 0.15) is 29.6 Å². The minimum absolute atomic E-state index is 0.0215. The Labute approximate surface area is 189 Å². The lowest BCUT2D eigenvalue weighted by molar-refractivity contribution is -0.119. The van der Waals surface area contributed by atoms with E-state index in [0.29, 0.717) is 5.02 Å². The Bertz CT molecular complexity index is 1200. The molecule has 0 heterocycles. The number of carbonyl (C=O) groups excluding carboxylic acids is 2. The third-order valence-corrected chi connectivity index (χ3v) is 8.44. The van der Waals surface area contributed by atoms with Gasteiger partial charge >= 0.3 is 0 Å². The Morgan fingerprint density at radius 2 is 1.80 bits per heavy atom. The molecule has 4 nitrogen and oxygen atoms in total. The molecular formula is C22H18Cl2O4S2. The maximum Gasteiger partial charge on any atom is 0.198 e. The van der Waals surface area contributed by atoms with Crippen LogP contribution in [0.4, 0.5) is 0 Å². The molecule has 4 rings (SSSR count). The van der Waals surface area contributed by atoms with Gasteiger partial charge in [0.25, 0.3) is 0 Å². The number of thioether (sulfide) groups is 1. The lowest BCUT2D eigenvalue weighted by Gasteiger charge is -2.24. The highest BCUT2D eigenvalue weighted by Gasteiger charge is 2.43. The Hall–Kier alpha value is -1.60. The maximum absolute atomic E-state index is 13.4. The van der Waals surface area contributed by atoms with E-state index in [2.05, 4.69) is 0 Å². The summed E-state index contributed by atoms with van der Waals surface area (Å²) in [6.07, 6.45) is 3.45. The average molecular weight is 481 g/mol. The molecule has 2 aliphatic rings. The van der Waals surface area contributed by atoms with Gasteiger partial charge in [0.1, 0.15) is 0 Å². The van der Waals surface area contributed by atoms with Gasteiger partial charge in [-0.25, -0.2) is 8.42 Å². The number of sulfone groups is 1. The van der Waals surface area contributed by atoms with Crippen LogP contribution in [0, 0.1) is 11.8 Å². The van der Waals surface area contributed by atoms with E-state index in [9.17, 15) is 18.0 Å². The minimum atomic E-state index is -3.46. The van der Waals surface area contributed by atoms with Crippen molar-refractivity contribution in [2.75, 3.05) is 6.26 Å². The fourth-order valence-corrected chi connectivity index (χ4v) is 6.54. The number of fused-ring (bicyclic) bond motifs is 2. The van der Waals surface area contributed by atoms with Gasteiger partial charge in [0.2, 0.25) is 0 Å². The van der Waals surface area contributed by atoms with E-state index < -0.39 is 15.6 Å². The topological polar surface area (TPSA) is 68.3 Å². The molecule has 30 heavy (non-hydrogen) atoms. The molecule has 0 saturated heterocycles. The number of rotatable bonds is 5. The monoisotopic (exact) mass is 480 g/mol. The fraction of sp³-hybridized carbons (Fsp3) is 0.273. The summed E-state index contributed by atoms with van der Waals surface area (Å²) in [5, 5.41) is 0.604. The third kappa shape index (κ3) is 4.11. The molecule has 2 aromatic rings. The zero-order valence-corrected chi connectivity index (χ0v) is 19.2. The molecule has 0 aliphatic heterocycles. The van der Waals surface area contributed by atoms with Crippen molar-refractivity contribution in [3.63, 3.8) is 0 Å². The first-order valence-electron chi connectivity index (χ1n) is 9.41. The summed E-state index contributed by atoms with van der Waals surface area (Å²) in [5.74, 6) is -0.607. The second-order valence-corrected chi connectivity index (χ2v) is 11.6. The number of ketones is 2. The number of hydrogen-bond acceptors (Lipinski definition) is 5. The van der Waals surface area contributed by atoms with Crippen molar-refractivity contribution in [3.8, 4) is 0 Å². The lowest BCUT2D eigenvalue weighted by atomic mass is 9.84. The van der Waals surface area contributed by atoms with Crippen molar-refractivity contribution >= 4 is 56.4 Å². The quantitative estimate of drug-likeness (QED) is 0.409. The van der Waals surface area contributed by atoms with Crippen molar-refractivity contribution in [3.05, 3.63) is 68.6 Å². The Morgan fingerprint density at radius 3 is 2.47 bits per heavy atom. The second kappa shape index (κ2) is 8.15. The third-order valence-electron chi connectivity index (χ3n) is 5.53. The van der Waals surface area contributed by atoms with Gasteiger partial charge in [-0.2, -0.15) is 0 Å². The van der Waals surface area contributed by atoms with Crippen molar-refractivity contribution in [1.82, 2.24) is 0 Å². The lowest BCUT2D eigenvalue weighted by Crippen LogP contribution is -2.26. The highest BCUT2D eigenvalue weighted by atomic mass is 35.5. The summed E-state index contributed by atoms with van der Waals surface area (Å²) in [6, 6.07) is 11.3. The predicted molar refractivity (Wildman–Crippen MR) is 119 cm³/mol. The minimum Gasteiger partial charge on any atom is -0.294 e. The molecule has 0 amide bonds. The first-order chi connectivity index (χ1) is 14.1. The first kappa shape index (κ1) is 21.6. The smallest absolute Gasteiger partial charge is 0.198 e. The van der Waals surface area contributed by atoms with Gasteiger partial charge in [0, 0.05) is 32.6 Å². The van der Waals surface area contributed by atoms with Crippen LogP contribution < -0.4 is 0 Å². The highest BCUT2D eigenvalue weighted by Crippen LogP contribution is 2.50. The number of Topliss-reactive ketones (excluding diaryl/α,β-unsaturated/α-hetero) is 2. The Balaban J connectivity index is 1.80. The molecule has 8 heteroatoms. The van der Waals surface area contributed by atoms with Crippen LogP contribution in [0.3, 0.4) is 0 Å². The van der Waals surface area contributed by atoms with E-state index >= 15 is 0 Å². The Morgan fingerprint density at radius 1 is 1.07 bits per heavy atom. The van der Waals surface area contributed by atoms with Gasteiger partial charge in [-0.05, 0) is 61.6 Å². The number of hydrogen-bond donors (Lipinski definition) is 0. The zero-order chi connectivity index (χ0) is 21.6. The SMILES string of the molecule is CS(=O)(=O)c1ccc(C(=O)C2=C(Sc3cccc(Cl)c3)C3CCC(C3)C2=O)c(Cl)c1. The highest BCUT2D eigenvalue weighted by molar-refractivity contribution is 8.03. The van der Waals surface area contributed by atoms with E-state index in [1.54, 1.807) is 12.1 Å². The summed E-state index contributed by atoms with van der Waals surface area (Å²) >= 11 is 13.8. The number of allylic oxidation sites excluding steroid dienone is 2. The van der Waals surface area contributed by atoms with E-state index in [1.165, 1.54) is 30.0 Å². The summed E-state index contributed by atoms with van der Waals surface area (Å²) < 4.78 is 23.6. The summed E-state index contributed by atoms with van der Waals surface area (Å²) in [5.41, 5.74) is 0.311. The molecule has 2 atom stereocenters. The molecule has 2 aliphatic carbocycles. The molecule has 2 bridgehead atoms. The van der Waals surface area contributed by atoms with Crippen LogP contribution in [-0.2, 0) is 14.6 Å². The molecule has 2 aromatic carbocycles. The standard InChI is InChI=1S/C22H18Cl2O4S2/c1-30(27,28)16-7-8-17(18(24)11-16)21(26)19-20(25)12-5-6-13(9-12)22(19)29-15-4-2-3-14(23)10-15/h2-4,7-8,10-13H,5-6,9H2,1H3. The summed E-state index contributed by atoms with van der Waals surface area (Å²) in [7, 11) is -3.46. The zero-order valence-electron chi connectivity index (χ0n) is 16.0. The van der Waals surface area contributed by atoms with Gasteiger partial charge < -0.3 is 0 Å². The van der Waals surface area contributed by atoms with Gasteiger partial charge in [0.05, 0.1) is 15.5 Å². The van der Waals surface area contributed by atoms with E-state index in [-0.39, 0.29) is 38.7 Å². The first-order valence-corrected chi connectivity index (χ1v) is 12.9. The number of carbonyl (C=O) groups is 2. The molecule has 156 valence electrons. The Kier molecular flexibility index (Phi) is 5.88. The largest absolute Gasteiger partial charge is 0.294 e. The van der Waals surface area contributed by atoms with Gasteiger partial charge in [-0.15, -0.1) is 0 Å². The molecular weight excluding hydrogens is 463 g/mol. The van der Waals surface area contributed by atoms with Crippen molar-refractivity contribution < 1.29 is 18.0 Å². The predicted octanol–water partition coefficient (Wildman–Crippen LogP) is 5.63. The molecule has 0 N–H and O–H groups in total. The van der Waals surface area contributed by atoms with Crippen LogP contribution in [0.25, 0.3) is 0 Å². The summed E-state index contributed by atoms with van der Waals surface area (Å²) in [4.78, 5) is 28.2. The van der Waals surface area contributed by atoms with Crippen LogP contribution >= 0.6 is 35.0 Å². The second-order valence-electron chi connectivity index (χ2n) is 7.61. The van der Waals surface area contributed by atoms with Crippen molar-refractivity contribution in [2.45, 2.75) is 29.1 Å². The van der Waals surface area contributed by atoms with E-state index in [4.69, 9.17) is 23.2 Å². The van der Waals surface area contributed by atoms with E-state index in [1.807, 2.05) is 12.1 Å². The van der Waals surface area contributed by atoms with Gasteiger partial charge in [-0.1, -0.05) is 41.0 Å². The number of halogens is 2. The molecule has 1 fully saturated rings. The molecule has 0 radical (unpaired) electrons. The van der Waals surface area contributed by atoms with Crippen molar-refractivity contribution in [2.24, 2.45) is 11.8 Å². The van der Waals surface area contributed by atoms with Crippen LogP contribution in [0.2, 0.25) is 10.0 Å². The average Bonchev–Trinajstić information content (AvgIpc) is 3.12. The number of benzene rings is 2. The molecule has 0 aromatic heterocycles. The van der Waals surface area contributed by atoms with Crippen LogP contribution in [0.15, 0.2) is 62.7 Å². The maximum atomic E-state index is 13.4. The molecule has 0 spiro atoms. The normalized spacial score (nSPS) is 21.2. The van der Waals surface area contributed by atoms with E-state index in [0.717, 1.165) is 35.3 Å². The fourth-order valence-electron chi connectivity index (χ4n) is 4.05. The van der Waals surface area contributed by atoms with Crippen LogP contribution in [0.5, 0.6) is 0 Å². The molecule has 1 saturated carbocycles. The molecule has 2 unspecified atom stereocenters. The van der Waals surface area contributed by atoms with Gasteiger partial charge in [0.15, 0.2) is 21.4 Å². The van der Waals surface area contributed by atoms with Gasteiger partial charge in [-0.3, -0.25) is 9.59 Å².